The number of aromatic amines is 1. The molecule has 1 saturated heterocycles. The number of nitrogens with one attached hydrogen (secondary N) is 2. The zero-order chi connectivity index (χ0) is 18.2. The Balaban J connectivity index is 1.29. The van der Waals surface area contributed by atoms with Crippen LogP contribution in [0.1, 0.15) is 29.9 Å². The predicted molar refractivity (Wildman–Crippen MR) is 104 cm³/mol. The van der Waals surface area contributed by atoms with E-state index in [0.717, 1.165) is 60.5 Å². The minimum atomic E-state index is -0.0829. The van der Waals surface area contributed by atoms with Gasteiger partial charge in [0.25, 0.3) is 5.91 Å². The number of piperidine rings is 1. The first-order valence-corrected chi connectivity index (χ1v) is 9.47. The van der Waals surface area contributed by atoms with E-state index < -0.39 is 0 Å². The van der Waals surface area contributed by atoms with Crippen LogP contribution in [0, 0.1) is 0 Å². The molecule has 6 nitrogen and oxygen atoms in total. The van der Waals surface area contributed by atoms with E-state index in [9.17, 15) is 4.79 Å². The van der Waals surface area contributed by atoms with Crippen molar-refractivity contribution in [3.05, 3.63) is 53.9 Å². The molecular weight excluding hydrogens is 340 g/mol. The lowest BCUT2D eigenvalue weighted by Crippen LogP contribution is -2.33. The topological polar surface area (TPSA) is 70.2 Å². The van der Waals surface area contributed by atoms with Gasteiger partial charge in [-0.15, -0.1) is 0 Å². The summed E-state index contributed by atoms with van der Waals surface area (Å²) in [7, 11) is 0. The van der Waals surface area contributed by atoms with Gasteiger partial charge in [0.15, 0.2) is 6.61 Å². The molecule has 5 rings (SSSR count). The molecule has 27 heavy (non-hydrogen) atoms. The van der Waals surface area contributed by atoms with Gasteiger partial charge in [0.2, 0.25) is 0 Å². The predicted octanol–water partition coefficient (Wildman–Crippen LogP) is 3.27. The molecule has 3 aromatic rings. The minimum Gasteiger partial charge on any atom is -0.482 e. The summed E-state index contributed by atoms with van der Waals surface area (Å²) in [6.07, 6.45) is 6.21. The summed E-state index contributed by atoms with van der Waals surface area (Å²) in [5.74, 6) is 1.23. The van der Waals surface area contributed by atoms with Gasteiger partial charge in [0, 0.05) is 18.9 Å². The van der Waals surface area contributed by atoms with Crippen LogP contribution >= 0.6 is 0 Å². The summed E-state index contributed by atoms with van der Waals surface area (Å²) in [5, 5.41) is 2.97. The quantitative estimate of drug-likeness (QED) is 0.750. The van der Waals surface area contributed by atoms with Crippen LogP contribution in [0.3, 0.4) is 0 Å². The number of likely N-dealkylation sites (tertiary alicyclic amines) is 1. The molecule has 0 saturated carbocycles. The fourth-order valence-corrected chi connectivity index (χ4v) is 4.22. The van der Waals surface area contributed by atoms with Crippen LogP contribution in [0.5, 0.6) is 5.75 Å². The Bertz CT molecular complexity index is 989. The number of benzene rings is 1. The van der Waals surface area contributed by atoms with Crippen LogP contribution in [-0.2, 0) is 11.3 Å². The van der Waals surface area contributed by atoms with Gasteiger partial charge in [-0.05, 0) is 61.2 Å². The summed E-state index contributed by atoms with van der Waals surface area (Å²) < 4.78 is 5.53. The molecule has 2 aliphatic heterocycles. The first-order chi connectivity index (χ1) is 13.3. The lowest BCUT2D eigenvalue weighted by atomic mass is 9.90. The van der Waals surface area contributed by atoms with Crippen LogP contribution in [-0.4, -0.2) is 40.5 Å². The highest BCUT2D eigenvalue weighted by Gasteiger charge is 2.25. The Morgan fingerprint density at radius 3 is 2.96 bits per heavy atom. The van der Waals surface area contributed by atoms with Crippen LogP contribution in [0.25, 0.3) is 11.0 Å². The standard InChI is InChI=1S/C21H22N4O2/c26-19-13-27-18-5-1-3-15(20(18)24-19)12-25-9-6-14(7-10-25)16-11-23-17-4-2-8-22-21(16)17/h1-5,8,11,14,23H,6-7,9-10,12-13H2,(H,24,26). The number of H-pyrrole nitrogens is 1. The number of para-hydroxylation sites is 1. The average molecular weight is 362 g/mol. The number of pyridine rings is 1. The molecule has 1 fully saturated rings. The second-order valence-electron chi connectivity index (χ2n) is 7.32. The lowest BCUT2D eigenvalue weighted by molar-refractivity contribution is -0.118. The second-order valence-corrected chi connectivity index (χ2v) is 7.32. The summed E-state index contributed by atoms with van der Waals surface area (Å²) in [6, 6.07) is 10.0. The zero-order valence-electron chi connectivity index (χ0n) is 15.1. The van der Waals surface area contributed by atoms with E-state index in [0.29, 0.717) is 5.92 Å². The number of fused-ring (bicyclic) bond motifs is 2. The second kappa shape index (κ2) is 6.70. The summed E-state index contributed by atoms with van der Waals surface area (Å²) in [4.78, 5) is 22.1. The third-order valence-corrected chi connectivity index (χ3v) is 5.62. The molecule has 138 valence electrons. The number of nitrogens with zero attached hydrogens (tertiary/aromatic N) is 2. The summed E-state index contributed by atoms with van der Waals surface area (Å²) in [5.41, 5.74) is 5.50. The van der Waals surface area contributed by atoms with Crippen molar-refractivity contribution in [3.8, 4) is 5.75 Å². The molecule has 1 aromatic carbocycles. The normalized spacial score (nSPS) is 18.1. The van der Waals surface area contributed by atoms with Crippen molar-refractivity contribution in [1.82, 2.24) is 14.9 Å². The number of anilines is 1. The van der Waals surface area contributed by atoms with Crippen molar-refractivity contribution in [2.45, 2.75) is 25.3 Å². The summed E-state index contributed by atoms with van der Waals surface area (Å²) >= 11 is 0. The van der Waals surface area contributed by atoms with E-state index in [1.807, 2.05) is 24.4 Å². The molecule has 4 heterocycles. The van der Waals surface area contributed by atoms with Gasteiger partial charge in [-0.1, -0.05) is 12.1 Å². The number of amides is 1. The van der Waals surface area contributed by atoms with Crippen molar-refractivity contribution in [2.75, 3.05) is 25.0 Å². The maximum absolute atomic E-state index is 11.7. The van der Waals surface area contributed by atoms with Crippen LogP contribution in [0.15, 0.2) is 42.7 Å². The van der Waals surface area contributed by atoms with Gasteiger partial charge < -0.3 is 15.0 Å². The maximum atomic E-state index is 11.7. The lowest BCUT2D eigenvalue weighted by Gasteiger charge is -2.32. The Kier molecular flexibility index (Phi) is 4.05. The van der Waals surface area contributed by atoms with Crippen molar-refractivity contribution in [1.29, 1.82) is 0 Å². The molecule has 0 aliphatic carbocycles. The fourth-order valence-electron chi connectivity index (χ4n) is 4.22. The van der Waals surface area contributed by atoms with Crippen LogP contribution in [0.4, 0.5) is 5.69 Å². The van der Waals surface area contributed by atoms with Gasteiger partial charge in [-0.25, -0.2) is 0 Å². The Morgan fingerprint density at radius 2 is 2.07 bits per heavy atom. The first kappa shape index (κ1) is 16.3. The molecule has 0 atom stereocenters. The fraction of sp³-hybridized carbons (Fsp3) is 0.333. The molecule has 2 aromatic heterocycles. The van der Waals surface area contributed by atoms with Crippen molar-refractivity contribution in [2.24, 2.45) is 0 Å². The molecule has 1 amide bonds. The molecule has 2 N–H and O–H groups in total. The van der Waals surface area contributed by atoms with Crippen LogP contribution < -0.4 is 10.1 Å². The molecular formula is C21H22N4O2. The highest BCUT2D eigenvalue weighted by Crippen LogP contribution is 2.35. The minimum absolute atomic E-state index is 0.0829. The molecule has 0 spiro atoms. The number of hydrogen-bond acceptors (Lipinski definition) is 4. The molecule has 6 heteroatoms. The van der Waals surface area contributed by atoms with E-state index >= 15 is 0 Å². The Hall–Kier alpha value is -2.86. The number of rotatable bonds is 3. The number of ether oxygens (including phenoxy) is 1. The van der Waals surface area contributed by atoms with Crippen molar-refractivity contribution >= 4 is 22.6 Å². The molecule has 2 aliphatic rings. The Morgan fingerprint density at radius 1 is 1.19 bits per heavy atom. The number of carbonyl (C=O) groups excluding carboxylic acids is 1. The number of hydrogen-bond donors (Lipinski definition) is 2. The van der Waals surface area contributed by atoms with Gasteiger partial charge in [0.05, 0.1) is 16.7 Å². The third-order valence-electron chi connectivity index (χ3n) is 5.62. The Labute approximate surface area is 157 Å². The third kappa shape index (κ3) is 3.06. The SMILES string of the molecule is O=C1COc2cccc(CN3CCC(c4c[nH]c5cccnc45)CC3)c2N1. The van der Waals surface area contributed by atoms with Gasteiger partial charge in [0.1, 0.15) is 5.75 Å². The van der Waals surface area contributed by atoms with E-state index in [1.54, 1.807) is 0 Å². The largest absolute Gasteiger partial charge is 0.482 e. The zero-order valence-corrected chi connectivity index (χ0v) is 15.1. The van der Waals surface area contributed by atoms with E-state index in [4.69, 9.17) is 4.74 Å². The highest BCUT2D eigenvalue weighted by atomic mass is 16.5. The summed E-state index contributed by atoms with van der Waals surface area (Å²) in [6.45, 7) is 2.98. The van der Waals surface area contributed by atoms with E-state index in [1.165, 1.54) is 5.56 Å². The monoisotopic (exact) mass is 362 g/mol. The maximum Gasteiger partial charge on any atom is 0.262 e. The van der Waals surface area contributed by atoms with Crippen LogP contribution in [0.2, 0.25) is 0 Å². The van der Waals surface area contributed by atoms with Crippen molar-refractivity contribution in [3.63, 3.8) is 0 Å². The highest BCUT2D eigenvalue weighted by molar-refractivity contribution is 5.96. The molecule has 0 radical (unpaired) electrons. The van der Waals surface area contributed by atoms with Gasteiger partial charge >= 0.3 is 0 Å². The van der Waals surface area contributed by atoms with Gasteiger partial charge in [-0.2, -0.15) is 0 Å². The van der Waals surface area contributed by atoms with Crippen molar-refractivity contribution < 1.29 is 9.53 Å². The first-order valence-electron chi connectivity index (χ1n) is 9.47. The molecule has 0 unspecified atom stereocenters. The smallest absolute Gasteiger partial charge is 0.262 e. The van der Waals surface area contributed by atoms with E-state index in [2.05, 4.69) is 38.5 Å². The number of aromatic nitrogens is 2. The number of carbonyl (C=O) groups is 1. The average Bonchev–Trinajstić information content (AvgIpc) is 3.13. The molecule has 0 bridgehead atoms. The van der Waals surface area contributed by atoms with E-state index in [-0.39, 0.29) is 12.5 Å². The van der Waals surface area contributed by atoms with Gasteiger partial charge in [-0.3, -0.25) is 14.7 Å².